The summed E-state index contributed by atoms with van der Waals surface area (Å²) in [5.74, 6) is -2.67. The molecule has 98 valence electrons. The SMILES string of the molecule is COc1cc(C(C)(C)C)c(O)cc1C(=O)C(=O)O. The van der Waals surface area contributed by atoms with Crippen LogP contribution in [0.4, 0.5) is 0 Å². The Kier molecular flexibility index (Phi) is 3.65. The second-order valence-electron chi connectivity index (χ2n) is 4.95. The molecule has 0 unspecified atom stereocenters. The smallest absolute Gasteiger partial charge is 0.377 e. The molecule has 0 spiro atoms. The number of carboxylic acids is 1. The molecule has 2 N–H and O–H groups in total. The highest BCUT2D eigenvalue weighted by Crippen LogP contribution is 2.36. The van der Waals surface area contributed by atoms with E-state index in [1.54, 1.807) is 0 Å². The van der Waals surface area contributed by atoms with Crippen molar-refractivity contribution in [1.29, 1.82) is 0 Å². The van der Waals surface area contributed by atoms with Gasteiger partial charge in [-0.15, -0.1) is 0 Å². The number of carbonyl (C=O) groups excluding carboxylic acids is 1. The Morgan fingerprint density at radius 3 is 2.17 bits per heavy atom. The summed E-state index contributed by atoms with van der Waals surface area (Å²) in [7, 11) is 1.34. The first-order chi connectivity index (χ1) is 8.18. The number of Topliss-reactive ketones (excluding diaryl/α,β-unsaturated/α-hetero) is 1. The highest BCUT2D eigenvalue weighted by Gasteiger charge is 2.25. The number of benzene rings is 1. The number of methoxy groups -OCH3 is 1. The molecule has 0 radical (unpaired) electrons. The van der Waals surface area contributed by atoms with E-state index in [9.17, 15) is 14.7 Å². The van der Waals surface area contributed by atoms with Crippen LogP contribution in [-0.4, -0.2) is 29.1 Å². The molecule has 0 saturated carbocycles. The molecule has 5 heteroatoms. The number of aliphatic carboxylic acids is 1. The molecule has 1 rings (SSSR count). The van der Waals surface area contributed by atoms with Crippen LogP contribution in [0.5, 0.6) is 11.5 Å². The van der Waals surface area contributed by atoms with Crippen LogP contribution in [-0.2, 0) is 10.2 Å². The molecule has 5 nitrogen and oxygen atoms in total. The standard InChI is InChI=1S/C13H16O5/c1-13(2,3)8-6-10(18-4)7(5-9(8)14)11(15)12(16)17/h5-6,14H,1-4H3,(H,16,17). The van der Waals surface area contributed by atoms with Gasteiger partial charge in [-0.1, -0.05) is 20.8 Å². The molecule has 0 amide bonds. The van der Waals surface area contributed by atoms with E-state index in [2.05, 4.69) is 0 Å². The molecule has 18 heavy (non-hydrogen) atoms. The maximum absolute atomic E-state index is 11.4. The average Bonchev–Trinajstić information content (AvgIpc) is 2.25. The number of ketones is 1. The number of carbonyl (C=O) groups is 2. The van der Waals surface area contributed by atoms with Crippen LogP contribution >= 0.6 is 0 Å². The Morgan fingerprint density at radius 2 is 1.78 bits per heavy atom. The third-order valence-electron chi connectivity index (χ3n) is 2.56. The van der Waals surface area contributed by atoms with Gasteiger partial charge in [0.2, 0.25) is 0 Å². The van der Waals surface area contributed by atoms with E-state index in [0.29, 0.717) is 5.56 Å². The Hall–Kier alpha value is -2.04. The summed E-state index contributed by atoms with van der Waals surface area (Å²) >= 11 is 0. The monoisotopic (exact) mass is 252 g/mol. The van der Waals surface area contributed by atoms with E-state index in [1.165, 1.54) is 13.2 Å². The maximum Gasteiger partial charge on any atom is 0.377 e. The fourth-order valence-electron chi connectivity index (χ4n) is 1.63. The minimum Gasteiger partial charge on any atom is -0.508 e. The fraction of sp³-hybridized carbons (Fsp3) is 0.385. The minimum absolute atomic E-state index is 0.118. The predicted octanol–water partition coefficient (Wildman–Crippen LogP) is 1.97. The lowest BCUT2D eigenvalue weighted by Gasteiger charge is -2.22. The van der Waals surface area contributed by atoms with Gasteiger partial charge in [0.15, 0.2) is 0 Å². The number of hydrogen-bond donors (Lipinski definition) is 2. The lowest BCUT2D eigenvalue weighted by molar-refractivity contribution is -0.131. The highest BCUT2D eigenvalue weighted by molar-refractivity contribution is 6.40. The maximum atomic E-state index is 11.4. The van der Waals surface area contributed by atoms with Crippen LogP contribution in [0.15, 0.2) is 12.1 Å². The number of ether oxygens (including phenoxy) is 1. The third kappa shape index (κ3) is 2.61. The van der Waals surface area contributed by atoms with E-state index in [0.717, 1.165) is 6.07 Å². The van der Waals surface area contributed by atoms with Crippen molar-refractivity contribution in [2.24, 2.45) is 0 Å². The van der Waals surface area contributed by atoms with Gasteiger partial charge in [0.1, 0.15) is 11.5 Å². The van der Waals surface area contributed by atoms with Crippen LogP contribution in [0.1, 0.15) is 36.7 Å². The van der Waals surface area contributed by atoms with Crippen molar-refractivity contribution in [3.8, 4) is 11.5 Å². The van der Waals surface area contributed by atoms with Gasteiger partial charge in [-0.3, -0.25) is 4.79 Å². The molecule has 0 aliphatic rings. The zero-order valence-electron chi connectivity index (χ0n) is 10.8. The zero-order chi connectivity index (χ0) is 14.1. The third-order valence-corrected chi connectivity index (χ3v) is 2.56. The van der Waals surface area contributed by atoms with Crippen molar-refractivity contribution < 1.29 is 24.5 Å². The molecular weight excluding hydrogens is 236 g/mol. The molecule has 0 fully saturated rings. The molecule has 0 aliphatic heterocycles. The van der Waals surface area contributed by atoms with Crippen molar-refractivity contribution >= 4 is 11.8 Å². The van der Waals surface area contributed by atoms with Crippen LogP contribution in [0.2, 0.25) is 0 Å². The van der Waals surface area contributed by atoms with Crippen molar-refractivity contribution in [3.05, 3.63) is 23.3 Å². The van der Waals surface area contributed by atoms with Crippen LogP contribution in [0, 0.1) is 0 Å². The van der Waals surface area contributed by atoms with E-state index in [1.807, 2.05) is 20.8 Å². The second kappa shape index (κ2) is 4.68. The number of hydrogen-bond acceptors (Lipinski definition) is 4. The second-order valence-corrected chi connectivity index (χ2v) is 4.95. The van der Waals surface area contributed by atoms with E-state index in [-0.39, 0.29) is 22.5 Å². The van der Waals surface area contributed by atoms with Crippen LogP contribution < -0.4 is 4.74 Å². The van der Waals surface area contributed by atoms with Gasteiger partial charge in [-0.05, 0) is 17.5 Å². The first kappa shape index (κ1) is 14.0. The molecule has 0 bridgehead atoms. The lowest BCUT2D eigenvalue weighted by Crippen LogP contribution is -2.16. The minimum atomic E-state index is -1.59. The molecule has 0 aromatic heterocycles. The van der Waals surface area contributed by atoms with Crippen molar-refractivity contribution in [2.75, 3.05) is 7.11 Å². The topological polar surface area (TPSA) is 83.8 Å². The zero-order valence-corrected chi connectivity index (χ0v) is 10.8. The van der Waals surface area contributed by atoms with E-state index >= 15 is 0 Å². The van der Waals surface area contributed by atoms with Gasteiger partial charge in [0.05, 0.1) is 12.7 Å². The first-order valence-electron chi connectivity index (χ1n) is 5.37. The number of carboxylic acid groups (broad SMARTS) is 1. The number of phenols is 1. The molecule has 0 atom stereocenters. The molecule has 0 saturated heterocycles. The summed E-state index contributed by atoms with van der Waals surface area (Å²) in [5, 5.41) is 18.6. The summed E-state index contributed by atoms with van der Waals surface area (Å²) in [6.45, 7) is 5.67. The van der Waals surface area contributed by atoms with Gasteiger partial charge in [-0.25, -0.2) is 4.79 Å². The van der Waals surface area contributed by atoms with Gasteiger partial charge >= 0.3 is 5.97 Å². The molecule has 0 aliphatic carbocycles. The highest BCUT2D eigenvalue weighted by atomic mass is 16.5. The lowest BCUT2D eigenvalue weighted by atomic mass is 9.85. The summed E-state index contributed by atoms with van der Waals surface area (Å²) in [5.41, 5.74) is 0.0825. The van der Waals surface area contributed by atoms with Crippen LogP contribution in [0.3, 0.4) is 0 Å². The van der Waals surface area contributed by atoms with E-state index in [4.69, 9.17) is 9.84 Å². The van der Waals surface area contributed by atoms with Crippen molar-refractivity contribution in [1.82, 2.24) is 0 Å². The van der Waals surface area contributed by atoms with Gasteiger partial charge in [0.25, 0.3) is 5.78 Å². The normalized spacial score (nSPS) is 11.1. The number of phenolic OH excluding ortho intramolecular Hbond substituents is 1. The molecule has 0 heterocycles. The largest absolute Gasteiger partial charge is 0.508 e. The van der Waals surface area contributed by atoms with Crippen molar-refractivity contribution in [3.63, 3.8) is 0 Å². The quantitative estimate of drug-likeness (QED) is 0.634. The Morgan fingerprint density at radius 1 is 1.22 bits per heavy atom. The summed E-state index contributed by atoms with van der Waals surface area (Å²) < 4.78 is 5.01. The number of aromatic hydroxyl groups is 1. The van der Waals surface area contributed by atoms with Gasteiger partial charge in [-0.2, -0.15) is 0 Å². The van der Waals surface area contributed by atoms with Gasteiger partial charge in [0, 0.05) is 5.56 Å². The molecule has 1 aromatic carbocycles. The van der Waals surface area contributed by atoms with Crippen molar-refractivity contribution in [2.45, 2.75) is 26.2 Å². The summed E-state index contributed by atoms with van der Waals surface area (Å²) in [6.07, 6.45) is 0. The molecular formula is C13H16O5. The first-order valence-corrected chi connectivity index (χ1v) is 5.37. The molecule has 1 aromatic rings. The Bertz CT molecular complexity index is 497. The Labute approximate surface area is 105 Å². The predicted molar refractivity (Wildman–Crippen MR) is 65.3 cm³/mol. The average molecular weight is 252 g/mol. The van der Waals surface area contributed by atoms with Gasteiger partial charge < -0.3 is 14.9 Å². The fourth-order valence-corrected chi connectivity index (χ4v) is 1.63. The van der Waals surface area contributed by atoms with Crippen LogP contribution in [0.25, 0.3) is 0 Å². The Balaban J connectivity index is 3.46. The summed E-state index contributed by atoms with van der Waals surface area (Å²) in [6, 6.07) is 2.63. The number of rotatable bonds is 3. The summed E-state index contributed by atoms with van der Waals surface area (Å²) in [4.78, 5) is 22.1. The van der Waals surface area contributed by atoms with E-state index < -0.39 is 11.8 Å².